The van der Waals surface area contributed by atoms with Crippen LogP contribution in [0.25, 0.3) is 0 Å². The normalized spacial score (nSPS) is 10.2. The number of ether oxygens (including phenoxy) is 1. The maximum atomic E-state index is 8.85. The van der Waals surface area contributed by atoms with Crippen molar-refractivity contribution in [2.24, 2.45) is 0 Å². The second kappa shape index (κ2) is 7.68. The highest BCUT2D eigenvalue weighted by atomic mass is 79.9. The molecule has 0 saturated heterocycles. The van der Waals surface area contributed by atoms with Crippen molar-refractivity contribution in [3.05, 3.63) is 56.5 Å². The van der Waals surface area contributed by atoms with Gasteiger partial charge in [0.15, 0.2) is 5.75 Å². The summed E-state index contributed by atoms with van der Waals surface area (Å²) in [6.45, 7) is 1.97. The number of nitrogen functional groups attached to an aromatic ring is 1. The Bertz CT molecular complexity index is 978. The minimum Gasteiger partial charge on any atom is -0.422 e. The lowest BCUT2D eigenvalue weighted by Crippen LogP contribution is -2.05. The van der Waals surface area contributed by atoms with E-state index in [1.165, 1.54) is 0 Å². The minimum atomic E-state index is 0.0190. The summed E-state index contributed by atoms with van der Waals surface area (Å²) in [5.74, 6) is 0.785. The molecule has 1 aromatic heterocycles. The number of rotatable bonds is 4. The number of hydrogen-bond donors (Lipinski definition) is 2. The molecule has 0 fully saturated rings. The predicted octanol–water partition coefficient (Wildman–Crippen LogP) is 4.69. The molecule has 3 rings (SSSR count). The van der Waals surface area contributed by atoms with E-state index in [2.05, 4.69) is 58.2 Å². The second-order valence-corrected chi connectivity index (χ2v) is 6.98. The lowest BCUT2D eigenvalue weighted by molar-refractivity contribution is 0.436. The van der Waals surface area contributed by atoms with Gasteiger partial charge in [-0.15, -0.1) is 0 Å². The topological polar surface area (TPSA) is 110 Å². The summed E-state index contributed by atoms with van der Waals surface area (Å²) in [5.41, 5.74) is 8.09. The van der Waals surface area contributed by atoms with E-state index in [-0.39, 0.29) is 17.9 Å². The first-order valence-electron chi connectivity index (χ1n) is 7.37. The summed E-state index contributed by atoms with van der Waals surface area (Å²) < 4.78 is 7.28. The Balaban J connectivity index is 1.87. The fraction of sp³-hybridized carbons (Fsp3) is 0.0588. The molecule has 130 valence electrons. The molecule has 7 nitrogen and oxygen atoms in total. The monoisotopic (exact) mass is 474 g/mol. The Kier molecular flexibility index (Phi) is 5.35. The number of nitrogens with zero attached hydrogens (tertiary/aromatic N) is 4. The lowest BCUT2D eigenvalue weighted by atomic mass is 10.2. The average Bonchev–Trinajstić information content (AvgIpc) is 2.58. The van der Waals surface area contributed by atoms with Crippen LogP contribution in [-0.2, 0) is 0 Å². The molecule has 0 bridgehead atoms. The third-order valence-corrected chi connectivity index (χ3v) is 4.42. The molecule has 0 unspecified atom stereocenters. The maximum absolute atomic E-state index is 8.85. The van der Waals surface area contributed by atoms with E-state index in [1.54, 1.807) is 24.3 Å². The van der Waals surface area contributed by atoms with Gasteiger partial charge >= 0.3 is 6.01 Å². The van der Waals surface area contributed by atoms with Gasteiger partial charge in [-0.3, -0.25) is 0 Å². The fourth-order valence-electron chi connectivity index (χ4n) is 2.11. The van der Waals surface area contributed by atoms with Crippen LogP contribution in [0, 0.1) is 18.3 Å². The minimum absolute atomic E-state index is 0.0190. The van der Waals surface area contributed by atoms with Crippen LogP contribution in [0.1, 0.15) is 11.1 Å². The van der Waals surface area contributed by atoms with Gasteiger partial charge in [-0.2, -0.15) is 20.2 Å². The van der Waals surface area contributed by atoms with Crippen molar-refractivity contribution in [1.82, 2.24) is 15.0 Å². The molecule has 0 aliphatic heterocycles. The average molecular weight is 476 g/mol. The highest BCUT2D eigenvalue weighted by Gasteiger charge is 2.13. The molecule has 26 heavy (non-hydrogen) atoms. The fourth-order valence-corrected chi connectivity index (χ4v) is 3.68. The number of hydrogen-bond acceptors (Lipinski definition) is 7. The molecule has 0 aliphatic rings. The third-order valence-electron chi connectivity index (χ3n) is 3.24. The molecule has 3 N–H and O–H groups in total. The summed E-state index contributed by atoms with van der Waals surface area (Å²) in [6.07, 6.45) is 0. The first-order valence-corrected chi connectivity index (χ1v) is 8.95. The molecular formula is C17H12Br2N6O. The molecule has 0 spiro atoms. The van der Waals surface area contributed by atoms with Crippen molar-refractivity contribution in [3.8, 4) is 17.8 Å². The van der Waals surface area contributed by atoms with Crippen molar-refractivity contribution in [1.29, 1.82) is 5.26 Å². The van der Waals surface area contributed by atoms with E-state index >= 15 is 0 Å². The molecule has 3 aromatic rings. The van der Waals surface area contributed by atoms with Crippen LogP contribution >= 0.6 is 31.9 Å². The first kappa shape index (κ1) is 18.1. The highest BCUT2D eigenvalue weighted by molar-refractivity contribution is 9.11. The maximum Gasteiger partial charge on any atom is 0.328 e. The molecule has 0 aliphatic carbocycles. The summed E-state index contributed by atoms with van der Waals surface area (Å²) >= 11 is 6.92. The molecular weight excluding hydrogens is 464 g/mol. The van der Waals surface area contributed by atoms with Crippen molar-refractivity contribution in [2.45, 2.75) is 6.92 Å². The lowest BCUT2D eigenvalue weighted by Gasteiger charge is -2.11. The Morgan fingerprint density at radius 2 is 1.73 bits per heavy atom. The van der Waals surface area contributed by atoms with Crippen LogP contribution in [0.3, 0.4) is 0 Å². The Morgan fingerprint density at radius 1 is 1.08 bits per heavy atom. The zero-order valence-electron chi connectivity index (χ0n) is 13.5. The zero-order valence-corrected chi connectivity index (χ0v) is 16.7. The highest BCUT2D eigenvalue weighted by Crippen LogP contribution is 2.37. The number of aryl methyl sites for hydroxylation is 1. The van der Waals surface area contributed by atoms with Crippen molar-refractivity contribution < 1.29 is 4.74 Å². The van der Waals surface area contributed by atoms with Crippen molar-refractivity contribution in [3.63, 3.8) is 0 Å². The van der Waals surface area contributed by atoms with Crippen LogP contribution in [-0.4, -0.2) is 15.0 Å². The molecule has 1 heterocycles. The quantitative estimate of drug-likeness (QED) is 0.562. The third kappa shape index (κ3) is 4.28. The standard InChI is InChI=1S/C17H12Br2N6O/c1-9-6-12(18)14(13(19)7-9)26-17-24-15(21)23-16(25-17)22-11-4-2-10(8-20)3-5-11/h2-7H,1H3,(H3,21,22,23,24,25). The van der Waals surface area contributed by atoms with E-state index in [4.69, 9.17) is 15.7 Å². The van der Waals surface area contributed by atoms with E-state index < -0.39 is 0 Å². The first-order chi connectivity index (χ1) is 12.4. The smallest absolute Gasteiger partial charge is 0.328 e. The number of benzene rings is 2. The van der Waals surface area contributed by atoms with E-state index in [9.17, 15) is 0 Å². The second-order valence-electron chi connectivity index (χ2n) is 5.27. The molecule has 0 saturated carbocycles. The van der Waals surface area contributed by atoms with Gasteiger partial charge in [0.25, 0.3) is 0 Å². The predicted molar refractivity (Wildman–Crippen MR) is 105 cm³/mol. The number of aromatic nitrogens is 3. The summed E-state index contributed by atoms with van der Waals surface area (Å²) in [5, 5.41) is 11.9. The number of nitrogens with one attached hydrogen (secondary N) is 1. The van der Waals surface area contributed by atoms with Gasteiger partial charge in [-0.1, -0.05) is 0 Å². The summed E-state index contributed by atoms with van der Waals surface area (Å²) in [6, 6.07) is 12.8. The van der Waals surface area contributed by atoms with Crippen molar-refractivity contribution in [2.75, 3.05) is 11.1 Å². The SMILES string of the molecule is Cc1cc(Br)c(Oc2nc(N)nc(Nc3ccc(C#N)cc3)n2)c(Br)c1. The van der Waals surface area contributed by atoms with Gasteiger partial charge in [0, 0.05) is 5.69 Å². The molecule has 9 heteroatoms. The van der Waals surface area contributed by atoms with Crippen LogP contribution in [0.4, 0.5) is 17.6 Å². The van der Waals surface area contributed by atoms with Crippen LogP contribution in [0.15, 0.2) is 45.3 Å². The summed E-state index contributed by atoms with van der Waals surface area (Å²) in [7, 11) is 0. The van der Waals surface area contributed by atoms with E-state index in [0.29, 0.717) is 17.0 Å². The number of anilines is 3. The Hall–Kier alpha value is -2.70. The van der Waals surface area contributed by atoms with E-state index in [1.807, 2.05) is 19.1 Å². The Labute approximate surface area is 166 Å². The molecule has 0 amide bonds. The van der Waals surface area contributed by atoms with Gasteiger partial charge in [0.05, 0.1) is 20.6 Å². The molecule has 0 atom stereocenters. The molecule has 0 radical (unpaired) electrons. The van der Waals surface area contributed by atoms with Crippen molar-refractivity contribution >= 4 is 49.4 Å². The number of nitrogens with two attached hydrogens (primary N) is 1. The van der Waals surface area contributed by atoms with Gasteiger partial charge in [0.2, 0.25) is 11.9 Å². The van der Waals surface area contributed by atoms with Crippen LogP contribution in [0.5, 0.6) is 11.8 Å². The van der Waals surface area contributed by atoms with Gasteiger partial charge < -0.3 is 15.8 Å². The number of nitriles is 1. The number of halogens is 2. The Morgan fingerprint density at radius 3 is 2.35 bits per heavy atom. The van der Waals surface area contributed by atoms with Gasteiger partial charge in [-0.05, 0) is 80.7 Å². The van der Waals surface area contributed by atoms with Crippen LogP contribution in [0.2, 0.25) is 0 Å². The largest absolute Gasteiger partial charge is 0.422 e. The molecule has 2 aromatic carbocycles. The summed E-state index contributed by atoms with van der Waals surface area (Å²) in [4.78, 5) is 12.3. The zero-order chi connectivity index (χ0) is 18.7. The van der Waals surface area contributed by atoms with Gasteiger partial charge in [0.1, 0.15) is 0 Å². The van der Waals surface area contributed by atoms with Gasteiger partial charge in [-0.25, -0.2) is 0 Å². The van der Waals surface area contributed by atoms with Crippen LogP contribution < -0.4 is 15.8 Å². The van der Waals surface area contributed by atoms with E-state index in [0.717, 1.165) is 14.5 Å².